The van der Waals surface area contributed by atoms with Gasteiger partial charge in [-0.2, -0.15) is 8.42 Å². The molecule has 0 aliphatic carbocycles. The second-order valence-electron chi connectivity index (χ2n) is 3.68. The van der Waals surface area contributed by atoms with Crippen LogP contribution in [0.1, 0.15) is 19.4 Å². The molecule has 0 saturated heterocycles. The van der Waals surface area contributed by atoms with E-state index in [1.54, 1.807) is 12.1 Å². The third-order valence-corrected chi connectivity index (χ3v) is 4.37. The summed E-state index contributed by atoms with van der Waals surface area (Å²) < 4.78 is 27.6. The van der Waals surface area contributed by atoms with Gasteiger partial charge in [0.25, 0.3) is 10.0 Å². The highest BCUT2D eigenvalue weighted by atomic mass is 35.5. The molecule has 1 heterocycles. The van der Waals surface area contributed by atoms with Crippen LogP contribution in [0.5, 0.6) is 0 Å². The van der Waals surface area contributed by atoms with Gasteiger partial charge in [-0.05, 0) is 26.0 Å². The molecule has 92 valence electrons. The van der Waals surface area contributed by atoms with Gasteiger partial charge < -0.3 is 4.90 Å². The fourth-order valence-electron chi connectivity index (χ4n) is 1.88. The number of hydrogen-bond donors (Lipinski definition) is 0. The first-order valence-corrected chi connectivity index (χ1v) is 7.21. The SMILES string of the molecule is CCN(CC)C1=NS(=O)(=O)c2cccc(Cl)c21. The Morgan fingerprint density at radius 2 is 1.94 bits per heavy atom. The summed E-state index contributed by atoms with van der Waals surface area (Å²) in [6, 6.07) is 4.84. The topological polar surface area (TPSA) is 49.7 Å². The fourth-order valence-corrected chi connectivity index (χ4v) is 3.44. The predicted octanol–water partition coefficient (Wildman–Crippen LogP) is 2.13. The molecule has 1 aliphatic heterocycles. The molecule has 1 aliphatic rings. The molecule has 0 amide bonds. The lowest BCUT2D eigenvalue weighted by molar-refractivity contribution is 0.467. The van der Waals surface area contributed by atoms with E-state index >= 15 is 0 Å². The van der Waals surface area contributed by atoms with Crippen molar-refractivity contribution in [3.8, 4) is 0 Å². The van der Waals surface area contributed by atoms with Gasteiger partial charge in [-0.3, -0.25) is 0 Å². The van der Waals surface area contributed by atoms with Crippen molar-refractivity contribution in [1.29, 1.82) is 0 Å². The van der Waals surface area contributed by atoms with Gasteiger partial charge in [0.05, 0.1) is 10.6 Å². The molecule has 0 radical (unpaired) electrons. The summed E-state index contributed by atoms with van der Waals surface area (Å²) in [6.07, 6.45) is 0. The number of nitrogens with zero attached hydrogens (tertiary/aromatic N) is 2. The maximum atomic E-state index is 11.9. The van der Waals surface area contributed by atoms with Crippen LogP contribution < -0.4 is 0 Å². The first kappa shape index (κ1) is 12.4. The first-order valence-electron chi connectivity index (χ1n) is 5.40. The van der Waals surface area contributed by atoms with E-state index < -0.39 is 10.0 Å². The Bertz CT molecular complexity index is 577. The van der Waals surface area contributed by atoms with E-state index in [1.807, 2.05) is 18.7 Å². The molecule has 0 saturated carbocycles. The fraction of sp³-hybridized carbons (Fsp3) is 0.364. The molecule has 0 atom stereocenters. The van der Waals surface area contributed by atoms with Crippen LogP contribution in [0.4, 0.5) is 0 Å². The van der Waals surface area contributed by atoms with Gasteiger partial charge in [0, 0.05) is 13.1 Å². The van der Waals surface area contributed by atoms with Gasteiger partial charge in [0.1, 0.15) is 4.90 Å². The van der Waals surface area contributed by atoms with Gasteiger partial charge in [0.15, 0.2) is 5.84 Å². The van der Waals surface area contributed by atoms with E-state index in [4.69, 9.17) is 11.6 Å². The highest BCUT2D eigenvalue weighted by molar-refractivity contribution is 7.90. The lowest BCUT2D eigenvalue weighted by Crippen LogP contribution is -2.30. The zero-order valence-electron chi connectivity index (χ0n) is 9.64. The Morgan fingerprint density at radius 1 is 1.29 bits per heavy atom. The van der Waals surface area contributed by atoms with Crippen molar-refractivity contribution in [2.24, 2.45) is 4.40 Å². The molecule has 2 rings (SSSR count). The Morgan fingerprint density at radius 3 is 2.53 bits per heavy atom. The molecule has 1 aromatic carbocycles. The van der Waals surface area contributed by atoms with Crippen molar-refractivity contribution in [2.45, 2.75) is 18.7 Å². The average molecular weight is 273 g/mol. The van der Waals surface area contributed by atoms with Gasteiger partial charge in [0.2, 0.25) is 0 Å². The number of halogens is 1. The summed E-state index contributed by atoms with van der Waals surface area (Å²) in [5.41, 5.74) is 0.526. The zero-order valence-corrected chi connectivity index (χ0v) is 11.2. The molecular weight excluding hydrogens is 260 g/mol. The van der Waals surface area contributed by atoms with Crippen LogP contribution in [-0.2, 0) is 10.0 Å². The van der Waals surface area contributed by atoms with E-state index in [2.05, 4.69) is 4.40 Å². The molecule has 17 heavy (non-hydrogen) atoms. The third-order valence-electron chi connectivity index (χ3n) is 2.75. The largest absolute Gasteiger partial charge is 0.356 e. The summed E-state index contributed by atoms with van der Waals surface area (Å²) in [5.74, 6) is 0.454. The maximum absolute atomic E-state index is 11.9. The Hall–Kier alpha value is -1.07. The number of benzene rings is 1. The Labute approximate surface area is 106 Å². The van der Waals surface area contributed by atoms with Crippen molar-refractivity contribution in [2.75, 3.05) is 13.1 Å². The van der Waals surface area contributed by atoms with E-state index in [1.165, 1.54) is 6.07 Å². The van der Waals surface area contributed by atoms with Gasteiger partial charge in [-0.25, -0.2) is 0 Å². The smallest absolute Gasteiger partial charge is 0.285 e. The summed E-state index contributed by atoms with van der Waals surface area (Å²) >= 11 is 6.08. The molecular formula is C11H13ClN2O2S. The molecule has 1 aromatic rings. The normalized spacial score (nSPS) is 16.5. The van der Waals surface area contributed by atoms with Crippen LogP contribution in [0.3, 0.4) is 0 Å². The molecule has 0 N–H and O–H groups in total. The van der Waals surface area contributed by atoms with Crippen LogP contribution in [0.2, 0.25) is 5.02 Å². The quantitative estimate of drug-likeness (QED) is 0.829. The second kappa shape index (κ2) is 4.31. The third kappa shape index (κ3) is 1.93. The van der Waals surface area contributed by atoms with Gasteiger partial charge in [-0.15, -0.1) is 4.40 Å². The number of sulfonamides is 1. The highest BCUT2D eigenvalue weighted by Crippen LogP contribution is 2.32. The summed E-state index contributed by atoms with van der Waals surface area (Å²) in [4.78, 5) is 2.09. The second-order valence-corrected chi connectivity index (χ2v) is 5.65. The number of rotatable bonds is 2. The summed E-state index contributed by atoms with van der Waals surface area (Å²) in [5, 5.41) is 0.425. The van der Waals surface area contributed by atoms with Crippen molar-refractivity contribution in [3.05, 3.63) is 28.8 Å². The van der Waals surface area contributed by atoms with Crippen molar-refractivity contribution in [3.63, 3.8) is 0 Å². The van der Waals surface area contributed by atoms with E-state index in [0.717, 1.165) is 0 Å². The van der Waals surface area contributed by atoms with Crippen LogP contribution in [0.25, 0.3) is 0 Å². The standard InChI is InChI=1S/C11H13ClN2O2S/c1-3-14(4-2)11-10-8(12)6-5-7-9(10)17(15,16)13-11/h5-7H,3-4H2,1-2H3. The summed E-state index contributed by atoms with van der Waals surface area (Å²) in [6.45, 7) is 5.28. The number of fused-ring (bicyclic) bond motifs is 1. The number of hydrogen-bond acceptors (Lipinski definition) is 3. The molecule has 0 spiro atoms. The minimum absolute atomic E-state index is 0.201. The number of amidine groups is 1. The van der Waals surface area contributed by atoms with E-state index in [-0.39, 0.29) is 4.90 Å². The van der Waals surface area contributed by atoms with Crippen molar-refractivity contribution >= 4 is 27.5 Å². The highest BCUT2D eigenvalue weighted by Gasteiger charge is 2.32. The minimum Gasteiger partial charge on any atom is -0.356 e. The first-order chi connectivity index (χ1) is 8.01. The molecule has 4 nitrogen and oxygen atoms in total. The average Bonchev–Trinajstić information content (AvgIpc) is 2.55. The van der Waals surface area contributed by atoms with Crippen LogP contribution in [-0.4, -0.2) is 32.2 Å². The molecule has 0 fully saturated rings. The van der Waals surface area contributed by atoms with Crippen molar-refractivity contribution in [1.82, 2.24) is 4.90 Å². The van der Waals surface area contributed by atoms with Crippen LogP contribution in [0, 0.1) is 0 Å². The molecule has 6 heteroatoms. The van der Waals surface area contributed by atoms with E-state index in [9.17, 15) is 8.42 Å². The molecule has 0 aromatic heterocycles. The monoisotopic (exact) mass is 272 g/mol. The lowest BCUT2D eigenvalue weighted by Gasteiger charge is -2.20. The predicted molar refractivity (Wildman–Crippen MR) is 68.1 cm³/mol. The van der Waals surface area contributed by atoms with Crippen LogP contribution in [0.15, 0.2) is 27.5 Å². The Kier molecular flexibility index (Phi) is 3.14. The van der Waals surface area contributed by atoms with Crippen molar-refractivity contribution < 1.29 is 8.42 Å². The van der Waals surface area contributed by atoms with Crippen LogP contribution >= 0.6 is 11.6 Å². The molecule has 0 bridgehead atoms. The zero-order chi connectivity index (χ0) is 12.6. The molecule has 0 unspecified atom stereocenters. The minimum atomic E-state index is -3.58. The van der Waals surface area contributed by atoms with Gasteiger partial charge in [-0.1, -0.05) is 17.7 Å². The Balaban J connectivity index is 2.67. The maximum Gasteiger partial charge on any atom is 0.285 e. The van der Waals surface area contributed by atoms with E-state index in [0.29, 0.717) is 29.5 Å². The lowest BCUT2D eigenvalue weighted by atomic mass is 10.2. The van der Waals surface area contributed by atoms with Gasteiger partial charge >= 0.3 is 0 Å². The summed E-state index contributed by atoms with van der Waals surface area (Å²) in [7, 11) is -3.58.